The number of benzene rings is 1. The molecular weight excluding hydrogens is 450 g/mol. The summed E-state index contributed by atoms with van der Waals surface area (Å²) >= 11 is 5.75. The highest BCUT2D eigenvalue weighted by Gasteiger charge is 2.15. The van der Waals surface area contributed by atoms with E-state index in [2.05, 4.69) is 20.2 Å². The van der Waals surface area contributed by atoms with Crippen molar-refractivity contribution < 1.29 is 9.47 Å². The Morgan fingerprint density at radius 2 is 2.12 bits per heavy atom. The van der Waals surface area contributed by atoms with Crippen molar-refractivity contribution in [1.29, 1.82) is 0 Å². The third-order valence-electron chi connectivity index (χ3n) is 5.91. The smallest absolute Gasteiger partial charge is 0.253 e. The van der Waals surface area contributed by atoms with Gasteiger partial charge in [-0.15, -0.1) is 0 Å². The quantitative estimate of drug-likeness (QED) is 0.356. The van der Waals surface area contributed by atoms with Crippen molar-refractivity contribution in [1.82, 2.24) is 25.1 Å². The molecule has 1 fully saturated rings. The number of hydrogen-bond acceptors (Lipinski definition) is 6. The summed E-state index contributed by atoms with van der Waals surface area (Å²) in [6, 6.07) is 11.5. The van der Waals surface area contributed by atoms with Gasteiger partial charge in [-0.1, -0.05) is 6.07 Å². The van der Waals surface area contributed by atoms with Crippen LogP contribution in [0.15, 0.2) is 53.6 Å². The van der Waals surface area contributed by atoms with Gasteiger partial charge < -0.3 is 24.7 Å². The number of aromatic amines is 1. The Morgan fingerprint density at radius 1 is 1.26 bits per heavy atom. The zero-order valence-corrected chi connectivity index (χ0v) is 20.3. The Bertz CT molecular complexity index is 1150. The highest BCUT2D eigenvalue weighted by atomic mass is 32.1. The number of nitrogens with zero attached hydrogens (tertiary/aromatic N) is 3. The number of rotatable bonds is 9. The van der Waals surface area contributed by atoms with E-state index in [1.54, 1.807) is 13.3 Å². The van der Waals surface area contributed by atoms with Gasteiger partial charge in [0.2, 0.25) is 0 Å². The monoisotopic (exact) mass is 481 g/mol. The molecule has 8 nitrogen and oxygen atoms in total. The molecule has 2 N–H and O–H groups in total. The molecule has 0 unspecified atom stereocenters. The third kappa shape index (κ3) is 6.53. The summed E-state index contributed by atoms with van der Waals surface area (Å²) < 4.78 is 10.7. The van der Waals surface area contributed by atoms with Gasteiger partial charge in [-0.2, -0.15) is 0 Å². The van der Waals surface area contributed by atoms with Crippen LogP contribution < -0.4 is 15.6 Å². The van der Waals surface area contributed by atoms with Crippen LogP contribution >= 0.6 is 12.2 Å². The van der Waals surface area contributed by atoms with Crippen molar-refractivity contribution in [2.75, 3.05) is 46.5 Å². The molecule has 0 atom stereocenters. The Balaban J connectivity index is 1.45. The Morgan fingerprint density at radius 3 is 2.88 bits per heavy atom. The van der Waals surface area contributed by atoms with Crippen LogP contribution in [-0.2, 0) is 17.8 Å². The minimum atomic E-state index is -0.132. The minimum absolute atomic E-state index is 0.132. The van der Waals surface area contributed by atoms with Crippen LogP contribution in [0.3, 0.4) is 0 Å². The first-order chi connectivity index (χ1) is 16.6. The molecule has 3 aromatic rings. The van der Waals surface area contributed by atoms with Gasteiger partial charge in [0.1, 0.15) is 5.75 Å². The second-order valence-corrected chi connectivity index (χ2v) is 8.72. The standard InChI is InChI=1S/C25H31N5O3S/c1-32-22-6-5-20-14-21(24(31)28-23(20)15-22)18-30(17-19-4-2-7-26-16-19)25(34)27-8-3-9-29-10-12-33-13-11-29/h2,4-7,14-16H,3,8-13,17-18H2,1H3,(H,27,34)(H,28,31). The average Bonchev–Trinajstić information content (AvgIpc) is 2.87. The highest BCUT2D eigenvalue weighted by Crippen LogP contribution is 2.19. The molecule has 0 saturated carbocycles. The van der Waals surface area contributed by atoms with Crippen LogP contribution in [0.4, 0.5) is 0 Å². The number of H-pyrrole nitrogens is 1. The van der Waals surface area contributed by atoms with Crippen molar-refractivity contribution in [3.63, 3.8) is 0 Å². The lowest BCUT2D eigenvalue weighted by molar-refractivity contribution is 0.0376. The van der Waals surface area contributed by atoms with Crippen molar-refractivity contribution in [3.05, 3.63) is 70.3 Å². The van der Waals surface area contributed by atoms with Gasteiger partial charge >= 0.3 is 0 Å². The summed E-state index contributed by atoms with van der Waals surface area (Å²) in [5, 5.41) is 4.96. The summed E-state index contributed by atoms with van der Waals surface area (Å²) in [5.41, 5.74) is 2.30. The van der Waals surface area contributed by atoms with E-state index in [1.807, 2.05) is 47.5 Å². The molecule has 3 heterocycles. The molecule has 0 radical (unpaired) electrons. The number of hydrogen-bond donors (Lipinski definition) is 2. The minimum Gasteiger partial charge on any atom is -0.497 e. The molecule has 1 saturated heterocycles. The number of thiocarbonyl (C=S) groups is 1. The van der Waals surface area contributed by atoms with Gasteiger partial charge in [0.05, 0.1) is 32.4 Å². The third-order valence-corrected chi connectivity index (χ3v) is 6.31. The van der Waals surface area contributed by atoms with Crippen LogP contribution in [0.1, 0.15) is 17.5 Å². The van der Waals surface area contributed by atoms with E-state index < -0.39 is 0 Å². The van der Waals surface area contributed by atoms with Crippen LogP contribution in [0, 0.1) is 0 Å². The number of morpholine rings is 1. The fourth-order valence-corrected chi connectivity index (χ4v) is 4.25. The molecule has 2 aromatic heterocycles. The number of aromatic nitrogens is 2. The van der Waals surface area contributed by atoms with E-state index in [9.17, 15) is 4.79 Å². The second-order valence-electron chi connectivity index (χ2n) is 8.33. The van der Waals surface area contributed by atoms with E-state index >= 15 is 0 Å². The zero-order chi connectivity index (χ0) is 23.8. The second kappa shape index (κ2) is 11.9. The summed E-state index contributed by atoms with van der Waals surface area (Å²) in [5.74, 6) is 0.705. The first kappa shape index (κ1) is 24.1. The van der Waals surface area contributed by atoms with E-state index in [-0.39, 0.29) is 5.56 Å². The van der Waals surface area contributed by atoms with Crippen LogP contribution in [0.2, 0.25) is 0 Å². The van der Waals surface area contributed by atoms with Crippen molar-refractivity contribution >= 4 is 28.2 Å². The molecule has 1 aliphatic heterocycles. The maximum atomic E-state index is 12.9. The molecule has 34 heavy (non-hydrogen) atoms. The fraction of sp³-hybridized carbons (Fsp3) is 0.400. The normalized spacial score (nSPS) is 14.1. The van der Waals surface area contributed by atoms with Crippen LogP contribution in [0.5, 0.6) is 5.75 Å². The molecule has 180 valence electrons. The van der Waals surface area contributed by atoms with Crippen molar-refractivity contribution in [2.24, 2.45) is 0 Å². The topological polar surface area (TPSA) is 82.7 Å². The van der Waals surface area contributed by atoms with E-state index in [0.29, 0.717) is 29.5 Å². The predicted molar refractivity (Wildman–Crippen MR) is 137 cm³/mol. The van der Waals surface area contributed by atoms with E-state index in [1.165, 1.54) is 0 Å². The van der Waals surface area contributed by atoms with Crippen molar-refractivity contribution in [3.8, 4) is 5.75 Å². The zero-order valence-electron chi connectivity index (χ0n) is 19.5. The number of pyridine rings is 2. The lowest BCUT2D eigenvalue weighted by Crippen LogP contribution is -2.42. The van der Waals surface area contributed by atoms with Crippen LogP contribution in [-0.4, -0.2) is 71.4 Å². The maximum Gasteiger partial charge on any atom is 0.253 e. The molecule has 0 amide bonds. The summed E-state index contributed by atoms with van der Waals surface area (Å²) in [4.78, 5) is 24.5. The fourth-order valence-electron chi connectivity index (χ4n) is 4.02. The molecule has 0 spiro atoms. The molecule has 9 heteroatoms. The van der Waals surface area contributed by atoms with Gasteiger partial charge in [-0.3, -0.25) is 14.7 Å². The summed E-state index contributed by atoms with van der Waals surface area (Å²) in [6.07, 6.45) is 4.56. The highest BCUT2D eigenvalue weighted by molar-refractivity contribution is 7.80. The van der Waals surface area contributed by atoms with E-state index in [0.717, 1.165) is 62.3 Å². The predicted octanol–water partition coefficient (Wildman–Crippen LogP) is 2.53. The van der Waals surface area contributed by atoms with Crippen molar-refractivity contribution in [2.45, 2.75) is 19.5 Å². The first-order valence-electron chi connectivity index (χ1n) is 11.5. The van der Waals surface area contributed by atoms with Crippen LogP contribution in [0.25, 0.3) is 10.9 Å². The Labute approximate surface area is 204 Å². The van der Waals surface area contributed by atoms with Gasteiger partial charge in [-0.25, -0.2) is 0 Å². The molecule has 0 bridgehead atoms. The number of methoxy groups -OCH3 is 1. The largest absolute Gasteiger partial charge is 0.497 e. The SMILES string of the molecule is COc1ccc2cc(CN(Cc3cccnc3)C(=S)NCCCN3CCOCC3)c(=O)[nH]c2c1. The number of fused-ring (bicyclic) bond motifs is 1. The van der Waals surface area contributed by atoms with Gasteiger partial charge in [0.15, 0.2) is 5.11 Å². The molecule has 1 aromatic carbocycles. The van der Waals surface area contributed by atoms with Gasteiger partial charge in [0.25, 0.3) is 5.56 Å². The first-order valence-corrected chi connectivity index (χ1v) is 11.9. The summed E-state index contributed by atoms with van der Waals surface area (Å²) in [7, 11) is 1.61. The lowest BCUT2D eigenvalue weighted by Gasteiger charge is -2.28. The van der Waals surface area contributed by atoms with Gasteiger partial charge in [-0.05, 0) is 60.4 Å². The number of ether oxygens (including phenoxy) is 2. The Kier molecular flexibility index (Phi) is 8.46. The molecule has 0 aliphatic carbocycles. The number of nitrogens with one attached hydrogen (secondary N) is 2. The molecule has 1 aliphatic rings. The maximum absolute atomic E-state index is 12.9. The summed E-state index contributed by atoms with van der Waals surface area (Å²) in [6.45, 7) is 6.30. The molecular formula is C25H31N5O3S. The average molecular weight is 482 g/mol. The lowest BCUT2D eigenvalue weighted by atomic mass is 10.1. The van der Waals surface area contributed by atoms with E-state index in [4.69, 9.17) is 21.7 Å². The van der Waals surface area contributed by atoms with Gasteiger partial charge in [0, 0.05) is 50.2 Å². The molecule has 4 rings (SSSR count). The Hall–Kier alpha value is -3.01.